The van der Waals surface area contributed by atoms with Gasteiger partial charge < -0.3 is 10.5 Å². The first-order valence-corrected chi connectivity index (χ1v) is 6.48. The molecule has 1 aromatic heterocycles. The molecule has 0 spiro atoms. The Balaban J connectivity index is 2.63. The molecule has 2 N–H and O–H groups in total. The lowest BCUT2D eigenvalue weighted by molar-refractivity contribution is 0.0563. The van der Waals surface area contributed by atoms with Crippen molar-refractivity contribution in [2.45, 2.75) is 32.9 Å². The van der Waals surface area contributed by atoms with Crippen molar-refractivity contribution < 1.29 is 4.74 Å². The maximum Gasteiger partial charge on any atom is 0.0597 e. The quantitative estimate of drug-likeness (QED) is 0.802. The Hall–Kier alpha value is -0.970. The van der Waals surface area contributed by atoms with Gasteiger partial charge in [-0.05, 0) is 45.0 Å². The van der Waals surface area contributed by atoms with Crippen molar-refractivity contribution in [1.29, 1.82) is 0 Å². The van der Waals surface area contributed by atoms with Crippen LogP contribution >= 0.6 is 0 Å². The van der Waals surface area contributed by atoms with Crippen LogP contribution in [0.4, 0.5) is 0 Å². The third kappa shape index (κ3) is 4.37. The Morgan fingerprint density at radius 2 is 2.17 bits per heavy atom. The molecule has 0 fully saturated rings. The fourth-order valence-corrected chi connectivity index (χ4v) is 1.96. The molecule has 1 unspecified atom stereocenters. The van der Waals surface area contributed by atoms with Crippen molar-refractivity contribution in [1.82, 2.24) is 9.88 Å². The van der Waals surface area contributed by atoms with Crippen molar-refractivity contribution in [3.63, 3.8) is 0 Å². The maximum absolute atomic E-state index is 5.90. The summed E-state index contributed by atoms with van der Waals surface area (Å²) in [6.45, 7) is 8.37. The Morgan fingerprint density at radius 1 is 1.44 bits per heavy atom. The van der Waals surface area contributed by atoms with Crippen molar-refractivity contribution in [3.05, 3.63) is 29.6 Å². The highest BCUT2D eigenvalue weighted by Crippen LogP contribution is 2.20. The number of pyridine rings is 1. The predicted molar refractivity (Wildman–Crippen MR) is 74.5 cm³/mol. The molecule has 0 saturated heterocycles. The van der Waals surface area contributed by atoms with Crippen LogP contribution in [0.15, 0.2) is 18.5 Å². The molecule has 0 saturated carbocycles. The number of rotatable bonds is 7. The van der Waals surface area contributed by atoms with Gasteiger partial charge in [-0.2, -0.15) is 0 Å². The zero-order valence-electron chi connectivity index (χ0n) is 11.9. The van der Waals surface area contributed by atoms with Gasteiger partial charge in [-0.1, -0.05) is 0 Å². The Bertz CT molecular complexity index is 355. The number of aromatic nitrogens is 1. The number of hydrogen-bond donors (Lipinski definition) is 1. The first kappa shape index (κ1) is 15.1. The molecule has 1 atom stereocenters. The average molecular weight is 251 g/mol. The van der Waals surface area contributed by atoms with E-state index in [2.05, 4.69) is 23.9 Å². The lowest BCUT2D eigenvalue weighted by Gasteiger charge is -2.28. The van der Waals surface area contributed by atoms with Crippen LogP contribution in [0.5, 0.6) is 0 Å². The van der Waals surface area contributed by atoms with Crippen LogP contribution in [-0.2, 0) is 4.74 Å². The molecule has 4 nitrogen and oxygen atoms in total. The van der Waals surface area contributed by atoms with E-state index >= 15 is 0 Å². The van der Waals surface area contributed by atoms with Crippen LogP contribution in [0.2, 0.25) is 0 Å². The molecule has 102 valence electrons. The van der Waals surface area contributed by atoms with Gasteiger partial charge in [-0.15, -0.1) is 0 Å². The molecule has 0 bridgehead atoms. The summed E-state index contributed by atoms with van der Waals surface area (Å²) >= 11 is 0. The number of likely N-dealkylation sites (N-methyl/N-ethyl adjacent to an activating group) is 1. The van der Waals surface area contributed by atoms with E-state index in [-0.39, 0.29) is 12.1 Å². The molecule has 0 aromatic carbocycles. The highest BCUT2D eigenvalue weighted by Gasteiger charge is 2.17. The zero-order valence-corrected chi connectivity index (χ0v) is 11.9. The Labute approximate surface area is 110 Å². The first-order valence-electron chi connectivity index (χ1n) is 6.48. The van der Waals surface area contributed by atoms with Gasteiger partial charge in [0, 0.05) is 31.5 Å². The van der Waals surface area contributed by atoms with Crippen LogP contribution in [0.25, 0.3) is 0 Å². The Kier molecular flexibility index (Phi) is 6.25. The molecule has 18 heavy (non-hydrogen) atoms. The van der Waals surface area contributed by atoms with E-state index in [1.807, 2.05) is 32.3 Å². The third-order valence-electron chi connectivity index (χ3n) is 3.09. The molecule has 4 heteroatoms. The van der Waals surface area contributed by atoms with Gasteiger partial charge in [-0.25, -0.2) is 0 Å². The Morgan fingerprint density at radius 3 is 2.72 bits per heavy atom. The summed E-state index contributed by atoms with van der Waals surface area (Å²) in [7, 11) is 2.08. The lowest BCUT2D eigenvalue weighted by Crippen LogP contribution is -2.34. The van der Waals surface area contributed by atoms with E-state index in [9.17, 15) is 0 Å². The van der Waals surface area contributed by atoms with Crippen molar-refractivity contribution in [2.24, 2.45) is 5.73 Å². The summed E-state index contributed by atoms with van der Waals surface area (Å²) in [5.74, 6) is 0. The molecule has 0 amide bonds. The summed E-state index contributed by atoms with van der Waals surface area (Å²) in [4.78, 5) is 6.42. The average Bonchev–Trinajstić information content (AvgIpc) is 2.32. The number of ether oxygens (including phenoxy) is 1. The smallest absolute Gasteiger partial charge is 0.0597 e. The second kappa shape index (κ2) is 7.46. The van der Waals surface area contributed by atoms with Gasteiger partial charge >= 0.3 is 0 Å². The molecule has 1 heterocycles. The second-order valence-corrected chi connectivity index (χ2v) is 4.88. The van der Waals surface area contributed by atoms with Crippen LogP contribution in [-0.4, -0.2) is 42.7 Å². The maximum atomic E-state index is 5.90. The normalized spacial score (nSPS) is 13.3. The molecule has 0 radical (unpaired) electrons. The largest absolute Gasteiger partial charge is 0.377 e. The van der Waals surface area contributed by atoms with Crippen molar-refractivity contribution in [2.75, 3.05) is 26.7 Å². The molecule has 1 rings (SSSR count). The fraction of sp³-hybridized carbons (Fsp3) is 0.643. The molecule has 0 aliphatic rings. The van der Waals surface area contributed by atoms with Crippen LogP contribution < -0.4 is 5.73 Å². The standard InChI is InChI=1S/C14H25N3O/c1-11(2)18-8-7-17(4)14(9-15)13-10-16-6-5-12(13)3/h5-6,10-11,14H,7-9,15H2,1-4H3. The SMILES string of the molecule is Cc1ccncc1C(CN)N(C)CCOC(C)C. The summed E-state index contributed by atoms with van der Waals surface area (Å²) in [6, 6.07) is 2.23. The van der Waals surface area contributed by atoms with Crippen LogP contribution in [0.3, 0.4) is 0 Å². The van der Waals surface area contributed by atoms with Crippen LogP contribution in [0.1, 0.15) is 31.0 Å². The van der Waals surface area contributed by atoms with Gasteiger partial charge in [0.25, 0.3) is 0 Å². The molecule has 0 aliphatic carbocycles. The van der Waals surface area contributed by atoms with Gasteiger partial charge in [0.2, 0.25) is 0 Å². The van der Waals surface area contributed by atoms with E-state index in [1.54, 1.807) is 0 Å². The number of nitrogens with two attached hydrogens (primary N) is 1. The fourth-order valence-electron chi connectivity index (χ4n) is 1.96. The highest BCUT2D eigenvalue weighted by molar-refractivity contribution is 5.25. The van der Waals surface area contributed by atoms with E-state index in [4.69, 9.17) is 10.5 Å². The minimum Gasteiger partial charge on any atom is -0.377 e. The highest BCUT2D eigenvalue weighted by atomic mass is 16.5. The number of nitrogens with zero attached hydrogens (tertiary/aromatic N) is 2. The number of hydrogen-bond acceptors (Lipinski definition) is 4. The van der Waals surface area contributed by atoms with Gasteiger partial charge in [-0.3, -0.25) is 9.88 Å². The first-order chi connectivity index (χ1) is 8.56. The van der Waals surface area contributed by atoms with Crippen molar-refractivity contribution >= 4 is 0 Å². The number of aryl methyl sites for hydroxylation is 1. The molecule has 1 aromatic rings. The van der Waals surface area contributed by atoms with E-state index in [0.717, 1.165) is 13.2 Å². The minimum atomic E-state index is 0.203. The van der Waals surface area contributed by atoms with Gasteiger partial charge in [0.1, 0.15) is 0 Å². The molecular formula is C14H25N3O. The topological polar surface area (TPSA) is 51.4 Å². The summed E-state index contributed by atoms with van der Waals surface area (Å²) in [6.07, 6.45) is 4.00. The van der Waals surface area contributed by atoms with Gasteiger partial charge in [0.15, 0.2) is 0 Å². The van der Waals surface area contributed by atoms with Crippen LogP contribution in [0, 0.1) is 6.92 Å². The van der Waals surface area contributed by atoms with E-state index < -0.39 is 0 Å². The third-order valence-corrected chi connectivity index (χ3v) is 3.09. The summed E-state index contributed by atoms with van der Waals surface area (Å²) in [5.41, 5.74) is 8.33. The predicted octanol–water partition coefficient (Wildman–Crippen LogP) is 1.75. The lowest BCUT2D eigenvalue weighted by atomic mass is 10.0. The summed E-state index contributed by atoms with van der Waals surface area (Å²) < 4.78 is 5.58. The monoisotopic (exact) mass is 251 g/mol. The van der Waals surface area contributed by atoms with E-state index in [1.165, 1.54) is 11.1 Å². The summed E-state index contributed by atoms with van der Waals surface area (Å²) in [5, 5.41) is 0. The van der Waals surface area contributed by atoms with Crippen molar-refractivity contribution in [3.8, 4) is 0 Å². The second-order valence-electron chi connectivity index (χ2n) is 4.88. The van der Waals surface area contributed by atoms with E-state index in [0.29, 0.717) is 6.54 Å². The molecule has 0 aliphatic heterocycles. The minimum absolute atomic E-state index is 0.203. The zero-order chi connectivity index (χ0) is 13.5. The van der Waals surface area contributed by atoms with Gasteiger partial charge in [0.05, 0.1) is 12.7 Å². The molecular weight excluding hydrogens is 226 g/mol.